The number of halogens is 2. The molecule has 2 aromatic carbocycles. The third-order valence-electron chi connectivity index (χ3n) is 3.44. The van der Waals surface area contributed by atoms with Gasteiger partial charge in [-0.1, -0.05) is 34.8 Å². The Morgan fingerprint density at radius 2 is 1.96 bits per heavy atom. The van der Waals surface area contributed by atoms with Gasteiger partial charge in [-0.2, -0.15) is 0 Å². The third-order valence-corrected chi connectivity index (χ3v) is 3.99. The molecule has 0 aliphatic heterocycles. The molecule has 128 valence electrons. The maximum atomic E-state index is 11.2. The van der Waals surface area contributed by atoms with Crippen LogP contribution in [0.25, 0.3) is 0 Å². The molecule has 0 spiro atoms. The van der Waals surface area contributed by atoms with E-state index >= 15 is 0 Å². The maximum absolute atomic E-state index is 11.2. The van der Waals surface area contributed by atoms with E-state index in [1.165, 1.54) is 0 Å². The molecule has 0 radical (unpaired) electrons. The second-order valence-electron chi connectivity index (χ2n) is 5.41. The Bertz CT molecular complexity index is 719. The van der Waals surface area contributed by atoms with Crippen LogP contribution < -0.4 is 10.1 Å². The first kappa shape index (κ1) is 18.4. The Morgan fingerprint density at radius 3 is 2.71 bits per heavy atom. The van der Waals surface area contributed by atoms with Crippen molar-refractivity contribution in [3.8, 4) is 5.75 Å². The van der Waals surface area contributed by atoms with Gasteiger partial charge in [0.05, 0.1) is 17.2 Å². The fraction of sp³-hybridized carbons (Fsp3) is 0.278. The molecular formula is C18H19Cl2NO3. The first-order valence-electron chi connectivity index (χ1n) is 7.63. The lowest BCUT2D eigenvalue weighted by molar-refractivity contribution is 0.0698. The summed E-state index contributed by atoms with van der Waals surface area (Å²) in [7, 11) is 0. The van der Waals surface area contributed by atoms with Gasteiger partial charge in [-0.05, 0) is 44.0 Å². The van der Waals surface area contributed by atoms with E-state index in [1.54, 1.807) is 30.3 Å². The number of carboxylic acids is 1. The molecule has 2 rings (SSSR count). The molecule has 4 nitrogen and oxygen atoms in total. The molecule has 0 atom stereocenters. The average molecular weight is 368 g/mol. The molecule has 0 aliphatic rings. The summed E-state index contributed by atoms with van der Waals surface area (Å²) in [6, 6.07) is 10.4. The molecule has 0 bridgehead atoms. The summed E-state index contributed by atoms with van der Waals surface area (Å²) >= 11 is 11.9. The van der Waals surface area contributed by atoms with Crippen LogP contribution in [0.1, 0.15) is 28.8 Å². The molecule has 0 fully saturated rings. The highest BCUT2D eigenvalue weighted by Crippen LogP contribution is 2.27. The van der Waals surface area contributed by atoms with Gasteiger partial charge in [0.15, 0.2) is 0 Å². The fourth-order valence-corrected chi connectivity index (χ4v) is 2.54. The van der Waals surface area contributed by atoms with E-state index in [4.69, 9.17) is 27.9 Å². The Balaban J connectivity index is 1.76. The molecule has 0 aliphatic carbocycles. The van der Waals surface area contributed by atoms with Gasteiger partial charge in [-0.25, -0.2) is 4.79 Å². The lowest BCUT2D eigenvalue weighted by atomic mass is 10.1. The highest BCUT2D eigenvalue weighted by molar-refractivity contribution is 6.34. The molecule has 0 aromatic heterocycles. The van der Waals surface area contributed by atoms with E-state index in [0.29, 0.717) is 34.6 Å². The predicted molar refractivity (Wildman–Crippen MR) is 97.8 cm³/mol. The quantitative estimate of drug-likeness (QED) is 0.623. The zero-order valence-electron chi connectivity index (χ0n) is 13.3. The Morgan fingerprint density at radius 1 is 1.17 bits per heavy atom. The first-order chi connectivity index (χ1) is 11.5. The van der Waals surface area contributed by atoms with Crippen molar-refractivity contribution < 1.29 is 14.6 Å². The summed E-state index contributed by atoms with van der Waals surface area (Å²) in [4.78, 5) is 11.2. The van der Waals surface area contributed by atoms with Crippen LogP contribution in [-0.4, -0.2) is 24.2 Å². The largest absolute Gasteiger partial charge is 0.492 e. The zero-order chi connectivity index (χ0) is 17.5. The molecule has 0 saturated heterocycles. The van der Waals surface area contributed by atoms with E-state index in [9.17, 15) is 9.90 Å². The minimum absolute atomic E-state index is 0.289. The average Bonchev–Trinajstić information content (AvgIpc) is 2.54. The molecule has 2 N–H and O–H groups in total. The summed E-state index contributed by atoms with van der Waals surface area (Å²) in [5.41, 5.74) is 1.84. The minimum atomic E-state index is -0.930. The number of hydrogen-bond donors (Lipinski definition) is 2. The second-order valence-corrected chi connectivity index (χ2v) is 6.25. The van der Waals surface area contributed by atoms with Crippen LogP contribution in [0.2, 0.25) is 10.0 Å². The second kappa shape index (κ2) is 8.81. The number of aryl methyl sites for hydroxylation is 1. The Hall–Kier alpha value is -1.91. The molecule has 6 heteroatoms. The standard InChI is InChI=1S/C18H19Cl2NO3/c1-12-4-7-16(14(10-12)18(22)23)21-8-2-3-9-24-17-11-13(19)5-6-15(17)20/h4-7,10-11,21H,2-3,8-9H2,1H3,(H,22,23). The summed E-state index contributed by atoms with van der Waals surface area (Å²) < 4.78 is 5.61. The van der Waals surface area contributed by atoms with E-state index in [-0.39, 0.29) is 5.56 Å². The maximum Gasteiger partial charge on any atom is 0.337 e. The lowest BCUT2D eigenvalue weighted by Crippen LogP contribution is -2.09. The summed E-state index contributed by atoms with van der Waals surface area (Å²) in [6.07, 6.45) is 1.65. The van der Waals surface area contributed by atoms with Gasteiger partial charge >= 0.3 is 5.97 Å². The van der Waals surface area contributed by atoms with Crippen molar-refractivity contribution in [2.45, 2.75) is 19.8 Å². The van der Waals surface area contributed by atoms with Gasteiger partial charge in [-0.15, -0.1) is 0 Å². The number of benzene rings is 2. The molecule has 0 saturated carbocycles. The molecule has 0 amide bonds. The van der Waals surface area contributed by atoms with Crippen molar-refractivity contribution >= 4 is 34.9 Å². The van der Waals surface area contributed by atoms with Crippen molar-refractivity contribution in [2.75, 3.05) is 18.5 Å². The first-order valence-corrected chi connectivity index (χ1v) is 8.38. The van der Waals surface area contributed by atoms with Gasteiger partial charge in [0.1, 0.15) is 5.75 Å². The zero-order valence-corrected chi connectivity index (χ0v) is 14.8. The Kier molecular flexibility index (Phi) is 6.76. The number of hydrogen-bond acceptors (Lipinski definition) is 3. The third kappa shape index (κ3) is 5.32. The van der Waals surface area contributed by atoms with Crippen LogP contribution in [0.5, 0.6) is 5.75 Å². The number of rotatable bonds is 8. The smallest absolute Gasteiger partial charge is 0.337 e. The van der Waals surface area contributed by atoms with E-state index in [1.807, 2.05) is 13.0 Å². The van der Waals surface area contributed by atoms with Crippen LogP contribution in [0.3, 0.4) is 0 Å². The van der Waals surface area contributed by atoms with E-state index < -0.39 is 5.97 Å². The normalized spacial score (nSPS) is 10.5. The highest BCUT2D eigenvalue weighted by atomic mass is 35.5. The SMILES string of the molecule is Cc1ccc(NCCCCOc2cc(Cl)ccc2Cl)c(C(=O)O)c1. The van der Waals surface area contributed by atoms with Crippen LogP contribution in [0, 0.1) is 6.92 Å². The van der Waals surface area contributed by atoms with Crippen molar-refractivity contribution in [3.05, 3.63) is 57.6 Å². The fourth-order valence-electron chi connectivity index (χ4n) is 2.21. The van der Waals surface area contributed by atoms with Crippen molar-refractivity contribution in [3.63, 3.8) is 0 Å². The van der Waals surface area contributed by atoms with Crippen molar-refractivity contribution in [1.29, 1.82) is 0 Å². The summed E-state index contributed by atoms with van der Waals surface area (Å²) in [5, 5.41) is 13.5. The summed E-state index contributed by atoms with van der Waals surface area (Å²) in [6.45, 7) is 3.05. The van der Waals surface area contributed by atoms with Crippen LogP contribution >= 0.6 is 23.2 Å². The van der Waals surface area contributed by atoms with Gasteiger partial charge in [0.25, 0.3) is 0 Å². The number of nitrogens with one attached hydrogen (secondary N) is 1. The minimum Gasteiger partial charge on any atom is -0.492 e. The van der Waals surface area contributed by atoms with Gasteiger partial charge in [-0.3, -0.25) is 0 Å². The lowest BCUT2D eigenvalue weighted by Gasteiger charge is -2.11. The van der Waals surface area contributed by atoms with Gasteiger partial charge in [0.2, 0.25) is 0 Å². The number of aromatic carboxylic acids is 1. The number of carbonyl (C=O) groups is 1. The van der Waals surface area contributed by atoms with Crippen LogP contribution in [0.15, 0.2) is 36.4 Å². The van der Waals surface area contributed by atoms with Crippen molar-refractivity contribution in [2.24, 2.45) is 0 Å². The topological polar surface area (TPSA) is 58.6 Å². The number of carboxylic acid groups (broad SMARTS) is 1. The molecule has 0 heterocycles. The molecule has 2 aromatic rings. The molecule has 24 heavy (non-hydrogen) atoms. The van der Waals surface area contributed by atoms with Crippen LogP contribution in [-0.2, 0) is 0 Å². The van der Waals surface area contributed by atoms with Gasteiger partial charge in [0, 0.05) is 23.3 Å². The monoisotopic (exact) mass is 367 g/mol. The number of ether oxygens (including phenoxy) is 1. The number of unbranched alkanes of at least 4 members (excludes halogenated alkanes) is 1. The van der Waals surface area contributed by atoms with Crippen LogP contribution in [0.4, 0.5) is 5.69 Å². The molecule has 0 unspecified atom stereocenters. The summed E-state index contributed by atoms with van der Waals surface area (Å²) in [5.74, 6) is -0.357. The Labute approximate surface area is 151 Å². The molecular weight excluding hydrogens is 349 g/mol. The van der Waals surface area contributed by atoms with Crippen molar-refractivity contribution in [1.82, 2.24) is 0 Å². The number of anilines is 1. The van der Waals surface area contributed by atoms with E-state index in [0.717, 1.165) is 18.4 Å². The van der Waals surface area contributed by atoms with Gasteiger partial charge < -0.3 is 15.2 Å². The van der Waals surface area contributed by atoms with E-state index in [2.05, 4.69) is 5.32 Å². The predicted octanol–water partition coefficient (Wildman–Crippen LogP) is 5.27. The highest BCUT2D eigenvalue weighted by Gasteiger charge is 2.09.